The lowest BCUT2D eigenvalue weighted by molar-refractivity contribution is 0.521. The molecule has 2 N–H and O–H groups in total. The predicted molar refractivity (Wildman–Crippen MR) is 131 cm³/mol. The number of fused-ring (bicyclic) bond motifs is 1. The Morgan fingerprint density at radius 3 is 2.31 bits per heavy atom. The molecule has 35 heavy (non-hydrogen) atoms. The largest absolute Gasteiger partial charge is 0.351 e. The van der Waals surface area contributed by atoms with Gasteiger partial charge >= 0.3 is 0 Å². The molecular formula is C25H19F2N5O2S. The number of nitrogens with one attached hydrogen (secondary N) is 2. The number of aromatic nitrogens is 3. The number of aryl methyl sites for hydroxylation is 1. The molecule has 0 amide bonds. The van der Waals surface area contributed by atoms with E-state index in [4.69, 9.17) is 0 Å². The van der Waals surface area contributed by atoms with Gasteiger partial charge in [-0.2, -0.15) is 0 Å². The summed E-state index contributed by atoms with van der Waals surface area (Å²) in [6.45, 7) is 0. The Labute approximate surface area is 200 Å². The van der Waals surface area contributed by atoms with Crippen molar-refractivity contribution in [3.8, 4) is 11.3 Å². The summed E-state index contributed by atoms with van der Waals surface area (Å²) in [7, 11) is -2.45. The number of rotatable bonds is 6. The van der Waals surface area contributed by atoms with Crippen LogP contribution in [0.2, 0.25) is 0 Å². The van der Waals surface area contributed by atoms with Crippen LogP contribution in [0.1, 0.15) is 0 Å². The van der Waals surface area contributed by atoms with Gasteiger partial charge in [-0.15, -0.1) is 0 Å². The SMILES string of the molecule is Cn1ccc2cc(-c3cc(Nc4ccc(NS(=O)(=O)c5c(F)cccc5F)cc4)ncn3)ccc21. The molecule has 0 unspecified atom stereocenters. The van der Waals surface area contributed by atoms with Crippen molar-refractivity contribution in [3.05, 3.63) is 97.0 Å². The van der Waals surface area contributed by atoms with E-state index in [1.54, 1.807) is 12.1 Å². The summed E-state index contributed by atoms with van der Waals surface area (Å²) in [5.41, 5.74) is 3.59. The van der Waals surface area contributed by atoms with Crippen molar-refractivity contribution >= 4 is 38.1 Å². The topological polar surface area (TPSA) is 88.9 Å². The number of nitrogens with zero attached hydrogens (tertiary/aromatic N) is 3. The van der Waals surface area contributed by atoms with Gasteiger partial charge in [0.2, 0.25) is 0 Å². The van der Waals surface area contributed by atoms with Crippen molar-refractivity contribution in [1.82, 2.24) is 14.5 Å². The van der Waals surface area contributed by atoms with Gasteiger partial charge in [-0.3, -0.25) is 4.72 Å². The molecule has 0 aliphatic carbocycles. The second-order valence-corrected chi connectivity index (χ2v) is 9.47. The summed E-state index contributed by atoms with van der Waals surface area (Å²) >= 11 is 0. The summed E-state index contributed by atoms with van der Waals surface area (Å²) in [4.78, 5) is 7.59. The van der Waals surface area contributed by atoms with E-state index in [1.807, 2.05) is 42.1 Å². The molecule has 0 saturated carbocycles. The summed E-state index contributed by atoms with van der Waals surface area (Å²) < 4.78 is 56.9. The zero-order chi connectivity index (χ0) is 24.6. The number of sulfonamides is 1. The molecule has 0 fully saturated rings. The fraction of sp³-hybridized carbons (Fsp3) is 0.0400. The monoisotopic (exact) mass is 491 g/mol. The van der Waals surface area contributed by atoms with Gasteiger partial charge in [-0.1, -0.05) is 12.1 Å². The van der Waals surface area contributed by atoms with Gasteiger partial charge in [0.05, 0.1) is 5.69 Å². The lowest BCUT2D eigenvalue weighted by atomic mass is 10.1. The van der Waals surface area contributed by atoms with Crippen LogP contribution in [-0.4, -0.2) is 23.0 Å². The van der Waals surface area contributed by atoms with Crippen LogP contribution in [0.4, 0.5) is 26.0 Å². The van der Waals surface area contributed by atoms with E-state index in [2.05, 4.69) is 26.1 Å². The van der Waals surface area contributed by atoms with Gasteiger partial charge in [-0.25, -0.2) is 27.2 Å². The predicted octanol–water partition coefficient (Wildman–Crippen LogP) is 5.46. The molecule has 0 spiro atoms. The summed E-state index contributed by atoms with van der Waals surface area (Å²) in [6.07, 6.45) is 3.45. The van der Waals surface area contributed by atoms with E-state index in [9.17, 15) is 17.2 Å². The molecule has 5 rings (SSSR count). The molecule has 10 heteroatoms. The molecule has 0 atom stereocenters. The van der Waals surface area contributed by atoms with Crippen LogP contribution in [0, 0.1) is 11.6 Å². The van der Waals surface area contributed by atoms with E-state index < -0.39 is 26.6 Å². The molecule has 176 valence electrons. The Hall–Kier alpha value is -4.31. The van der Waals surface area contributed by atoms with Crippen LogP contribution >= 0.6 is 0 Å². The zero-order valence-electron chi connectivity index (χ0n) is 18.4. The Morgan fingerprint density at radius 1 is 0.857 bits per heavy atom. The maximum Gasteiger partial charge on any atom is 0.267 e. The fourth-order valence-electron chi connectivity index (χ4n) is 3.74. The quantitative estimate of drug-likeness (QED) is 0.329. The lowest BCUT2D eigenvalue weighted by Crippen LogP contribution is -2.16. The lowest BCUT2D eigenvalue weighted by Gasteiger charge is -2.11. The molecule has 0 aliphatic heterocycles. The third-order valence-corrected chi connectivity index (χ3v) is 6.88. The van der Waals surface area contributed by atoms with E-state index in [0.29, 0.717) is 11.5 Å². The molecular weight excluding hydrogens is 472 g/mol. The van der Waals surface area contributed by atoms with Crippen molar-refractivity contribution in [2.24, 2.45) is 7.05 Å². The van der Waals surface area contributed by atoms with E-state index in [-0.39, 0.29) is 5.69 Å². The van der Waals surface area contributed by atoms with Crippen LogP contribution in [-0.2, 0) is 17.1 Å². The molecule has 0 bridgehead atoms. The van der Waals surface area contributed by atoms with Gasteiger partial charge in [0.25, 0.3) is 10.0 Å². The van der Waals surface area contributed by atoms with Gasteiger partial charge in [0.1, 0.15) is 23.8 Å². The van der Waals surface area contributed by atoms with Crippen LogP contribution in [0.25, 0.3) is 22.2 Å². The fourth-order valence-corrected chi connectivity index (χ4v) is 4.94. The van der Waals surface area contributed by atoms with Crippen LogP contribution < -0.4 is 10.0 Å². The highest BCUT2D eigenvalue weighted by molar-refractivity contribution is 7.92. The Balaban J connectivity index is 1.33. The van der Waals surface area contributed by atoms with Crippen LogP contribution in [0.3, 0.4) is 0 Å². The normalized spacial score (nSPS) is 11.5. The van der Waals surface area contributed by atoms with Crippen molar-refractivity contribution in [2.45, 2.75) is 4.90 Å². The first-order valence-electron chi connectivity index (χ1n) is 10.5. The van der Waals surface area contributed by atoms with Gasteiger partial charge < -0.3 is 9.88 Å². The Kier molecular flexibility index (Phi) is 5.65. The maximum absolute atomic E-state index is 13.9. The molecule has 0 radical (unpaired) electrons. The number of hydrogen-bond acceptors (Lipinski definition) is 5. The number of halogens is 2. The van der Waals surface area contributed by atoms with Crippen LogP contribution in [0.15, 0.2) is 90.2 Å². The maximum atomic E-state index is 13.9. The van der Waals surface area contributed by atoms with Crippen molar-refractivity contribution in [1.29, 1.82) is 0 Å². The van der Waals surface area contributed by atoms with E-state index in [0.717, 1.165) is 40.4 Å². The van der Waals surface area contributed by atoms with Crippen LogP contribution in [0.5, 0.6) is 0 Å². The Bertz CT molecular complexity index is 1630. The van der Waals surface area contributed by atoms with Gasteiger partial charge in [0.15, 0.2) is 4.90 Å². The summed E-state index contributed by atoms with van der Waals surface area (Å²) in [6, 6.07) is 19.0. The highest BCUT2D eigenvalue weighted by atomic mass is 32.2. The number of hydrogen-bond donors (Lipinski definition) is 2. The molecule has 2 heterocycles. The smallest absolute Gasteiger partial charge is 0.267 e. The first-order valence-corrected chi connectivity index (χ1v) is 12.0. The average Bonchev–Trinajstić information content (AvgIpc) is 3.20. The third kappa shape index (κ3) is 4.56. The standard InChI is InChI=1S/C25H19F2N5O2S/c1-32-12-11-17-13-16(5-10-23(17)32)22-14-24(29-15-28-22)30-18-6-8-19(9-7-18)31-35(33,34)25-20(26)3-2-4-21(25)27/h2-15,31H,1H3,(H,28,29,30). The minimum atomic E-state index is -4.44. The molecule has 7 nitrogen and oxygen atoms in total. The van der Waals surface area contributed by atoms with E-state index in [1.165, 1.54) is 18.5 Å². The first-order chi connectivity index (χ1) is 16.8. The van der Waals surface area contributed by atoms with Gasteiger partial charge in [0, 0.05) is 47.2 Å². The summed E-state index contributed by atoms with van der Waals surface area (Å²) in [5.74, 6) is -1.78. The zero-order valence-corrected chi connectivity index (χ0v) is 19.2. The van der Waals surface area contributed by atoms with Gasteiger partial charge in [-0.05, 0) is 54.6 Å². The molecule has 0 saturated heterocycles. The number of benzene rings is 3. The molecule has 0 aliphatic rings. The Morgan fingerprint density at radius 2 is 1.57 bits per heavy atom. The van der Waals surface area contributed by atoms with Crippen molar-refractivity contribution in [3.63, 3.8) is 0 Å². The second kappa shape index (κ2) is 8.80. The number of anilines is 3. The first kappa shape index (κ1) is 22.5. The highest BCUT2D eigenvalue weighted by Crippen LogP contribution is 2.27. The van der Waals surface area contributed by atoms with E-state index >= 15 is 0 Å². The second-order valence-electron chi connectivity index (χ2n) is 7.85. The minimum Gasteiger partial charge on any atom is -0.351 e. The molecule has 2 aromatic heterocycles. The molecule has 5 aromatic rings. The van der Waals surface area contributed by atoms with Crippen molar-refractivity contribution < 1.29 is 17.2 Å². The summed E-state index contributed by atoms with van der Waals surface area (Å²) in [5, 5.41) is 4.25. The molecule has 3 aromatic carbocycles. The van der Waals surface area contributed by atoms with Crippen molar-refractivity contribution in [2.75, 3.05) is 10.0 Å². The third-order valence-electron chi connectivity index (χ3n) is 5.45. The minimum absolute atomic E-state index is 0.151. The average molecular weight is 492 g/mol. The highest BCUT2D eigenvalue weighted by Gasteiger charge is 2.23.